The van der Waals surface area contributed by atoms with Gasteiger partial charge in [-0.2, -0.15) is 0 Å². The molecule has 0 heterocycles. The summed E-state index contributed by atoms with van der Waals surface area (Å²) >= 11 is 0. The fourth-order valence-electron chi connectivity index (χ4n) is 2.16. The van der Waals surface area contributed by atoms with Crippen LogP contribution in [0, 0.1) is 24.0 Å². The number of nitrogens with zero attached hydrogens (tertiary/aromatic N) is 1. The summed E-state index contributed by atoms with van der Waals surface area (Å²) in [6.45, 7) is 5.93. The molecule has 0 aromatic heterocycles. The van der Waals surface area contributed by atoms with Crippen LogP contribution in [0.15, 0.2) is 42.5 Å². The standard InChI is InChI=1S/C17H20N2O2/c1-13-3-4-16(11-14(13)2)12-18-10-9-15-5-7-17(8-6-15)19(20)21/h3-8,11,18H,9-10,12H2,1-2H3. The molecule has 0 radical (unpaired) electrons. The van der Waals surface area contributed by atoms with Gasteiger partial charge < -0.3 is 5.32 Å². The first-order valence-electron chi connectivity index (χ1n) is 7.06. The molecule has 2 rings (SSSR count). The van der Waals surface area contributed by atoms with E-state index in [0.29, 0.717) is 0 Å². The Labute approximate surface area is 125 Å². The van der Waals surface area contributed by atoms with Gasteiger partial charge >= 0.3 is 0 Å². The van der Waals surface area contributed by atoms with Crippen molar-refractivity contribution in [2.45, 2.75) is 26.8 Å². The Kier molecular flexibility index (Phi) is 5.06. The van der Waals surface area contributed by atoms with E-state index in [4.69, 9.17) is 0 Å². The highest BCUT2D eigenvalue weighted by molar-refractivity contribution is 5.33. The molecule has 4 heteroatoms. The third-order valence-electron chi connectivity index (χ3n) is 3.64. The Balaban J connectivity index is 1.79. The largest absolute Gasteiger partial charge is 0.312 e. The normalized spacial score (nSPS) is 10.6. The van der Waals surface area contributed by atoms with E-state index in [1.54, 1.807) is 12.1 Å². The lowest BCUT2D eigenvalue weighted by molar-refractivity contribution is -0.384. The van der Waals surface area contributed by atoms with Crippen LogP contribution in [-0.4, -0.2) is 11.5 Å². The van der Waals surface area contributed by atoms with Crippen molar-refractivity contribution in [1.82, 2.24) is 5.32 Å². The number of hydrogen-bond acceptors (Lipinski definition) is 3. The molecule has 2 aromatic carbocycles. The van der Waals surface area contributed by atoms with Gasteiger partial charge in [-0.05, 0) is 49.1 Å². The summed E-state index contributed by atoms with van der Waals surface area (Å²) in [5.41, 5.74) is 5.14. The molecule has 0 unspecified atom stereocenters. The van der Waals surface area contributed by atoms with Crippen molar-refractivity contribution >= 4 is 5.69 Å². The lowest BCUT2D eigenvalue weighted by atomic mass is 10.1. The van der Waals surface area contributed by atoms with Gasteiger partial charge in [0.25, 0.3) is 5.69 Å². The number of non-ortho nitro benzene ring substituents is 1. The first-order chi connectivity index (χ1) is 10.1. The van der Waals surface area contributed by atoms with Crippen molar-refractivity contribution in [3.63, 3.8) is 0 Å². The van der Waals surface area contributed by atoms with Gasteiger partial charge in [-0.3, -0.25) is 10.1 Å². The van der Waals surface area contributed by atoms with Crippen LogP contribution in [-0.2, 0) is 13.0 Å². The molecule has 0 amide bonds. The van der Waals surface area contributed by atoms with Crippen LogP contribution >= 0.6 is 0 Å². The molecular weight excluding hydrogens is 264 g/mol. The Morgan fingerprint density at radius 3 is 2.29 bits per heavy atom. The molecule has 4 nitrogen and oxygen atoms in total. The third-order valence-corrected chi connectivity index (χ3v) is 3.64. The molecule has 0 aliphatic heterocycles. The van der Waals surface area contributed by atoms with E-state index >= 15 is 0 Å². The molecule has 0 bridgehead atoms. The second-order valence-corrected chi connectivity index (χ2v) is 5.27. The van der Waals surface area contributed by atoms with Gasteiger partial charge in [-0.15, -0.1) is 0 Å². The van der Waals surface area contributed by atoms with Crippen molar-refractivity contribution in [3.05, 3.63) is 74.8 Å². The Hall–Kier alpha value is -2.20. The van der Waals surface area contributed by atoms with Crippen LogP contribution in [0.1, 0.15) is 22.3 Å². The second-order valence-electron chi connectivity index (χ2n) is 5.27. The Morgan fingerprint density at radius 2 is 1.67 bits per heavy atom. The number of aryl methyl sites for hydroxylation is 2. The number of benzene rings is 2. The smallest absolute Gasteiger partial charge is 0.269 e. The van der Waals surface area contributed by atoms with Crippen LogP contribution < -0.4 is 5.32 Å². The van der Waals surface area contributed by atoms with E-state index in [-0.39, 0.29) is 10.6 Å². The van der Waals surface area contributed by atoms with Gasteiger partial charge in [-0.1, -0.05) is 30.3 Å². The summed E-state index contributed by atoms with van der Waals surface area (Å²) in [5, 5.41) is 14.0. The van der Waals surface area contributed by atoms with E-state index in [2.05, 4.69) is 37.4 Å². The molecule has 21 heavy (non-hydrogen) atoms. The minimum absolute atomic E-state index is 0.141. The number of nitrogens with one attached hydrogen (secondary N) is 1. The summed E-state index contributed by atoms with van der Waals surface area (Å²) in [6, 6.07) is 13.2. The lowest BCUT2D eigenvalue weighted by Gasteiger charge is -2.07. The number of nitro groups is 1. The second kappa shape index (κ2) is 6.99. The van der Waals surface area contributed by atoms with Crippen molar-refractivity contribution < 1.29 is 4.92 Å². The maximum Gasteiger partial charge on any atom is 0.269 e. The highest BCUT2D eigenvalue weighted by Crippen LogP contribution is 2.12. The van der Waals surface area contributed by atoms with Crippen LogP contribution in [0.4, 0.5) is 5.69 Å². The van der Waals surface area contributed by atoms with Gasteiger partial charge in [0, 0.05) is 18.7 Å². The fraction of sp³-hybridized carbons (Fsp3) is 0.294. The minimum atomic E-state index is -0.373. The zero-order chi connectivity index (χ0) is 15.2. The van der Waals surface area contributed by atoms with Crippen LogP contribution in [0.25, 0.3) is 0 Å². The van der Waals surface area contributed by atoms with E-state index in [1.165, 1.54) is 16.7 Å². The summed E-state index contributed by atoms with van der Waals surface area (Å²) in [4.78, 5) is 10.2. The maximum atomic E-state index is 10.6. The number of rotatable bonds is 6. The van der Waals surface area contributed by atoms with Gasteiger partial charge in [-0.25, -0.2) is 0 Å². The highest BCUT2D eigenvalue weighted by atomic mass is 16.6. The third kappa shape index (κ3) is 4.39. The molecule has 0 aliphatic rings. The predicted octanol–water partition coefficient (Wildman–Crippen LogP) is 3.54. The molecule has 110 valence electrons. The highest BCUT2D eigenvalue weighted by Gasteiger charge is 2.03. The van der Waals surface area contributed by atoms with Gasteiger partial charge in [0.1, 0.15) is 0 Å². The van der Waals surface area contributed by atoms with Crippen molar-refractivity contribution in [2.24, 2.45) is 0 Å². The Bertz CT molecular complexity index is 621. The fourth-order valence-corrected chi connectivity index (χ4v) is 2.16. The van der Waals surface area contributed by atoms with E-state index in [1.807, 2.05) is 12.1 Å². The quantitative estimate of drug-likeness (QED) is 0.501. The van der Waals surface area contributed by atoms with E-state index in [0.717, 1.165) is 25.1 Å². The van der Waals surface area contributed by atoms with Crippen LogP contribution in [0.2, 0.25) is 0 Å². The number of nitro benzene ring substituents is 1. The summed E-state index contributed by atoms with van der Waals surface area (Å²) in [7, 11) is 0. The van der Waals surface area contributed by atoms with Crippen LogP contribution in [0.5, 0.6) is 0 Å². The SMILES string of the molecule is Cc1ccc(CNCCc2ccc([N+](=O)[O-])cc2)cc1C. The lowest BCUT2D eigenvalue weighted by Crippen LogP contribution is -2.16. The molecule has 0 aliphatic carbocycles. The predicted molar refractivity (Wildman–Crippen MR) is 84.4 cm³/mol. The zero-order valence-corrected chi connectivity index (χ0v) is 12.4. The van der Waals surface area contributed by atoms with Gasteiger partial charge in [0.15, 0.2) is 0 Å². The molecular formula is C17H20N2O2. The molecule has 0 saturated carbocycles. The summed E-state index contributed by atoms with van der Waals surface area (Å²) < 4.78 is 0. The average Bonchev–Trinajstić information content (AvgIpc) is 2.47. The van der Waals surface area contributed by atoms with Crippen molar-refractivity contribution in [3.8, 4) is 0 Å². The molecule has 0 fully saturated rings. The van der Waals surface area contributed by atoms with Crippen molar-refractivity contribution in [1.29, 1.82) is 0 Å². The molecule has 2 aromatic rings. The monoisotopic (exact) mass is 284 g/mol. The first kappa shape index (κ1) is 15.2. The van der Waals surface area contributed by atoms with Crippen LogP contribution in [0.3, 0.4) is 0 Å². The minimum Gasteiger partial charge on any atom is -0.312 e. The number of hydrogen-bond donors (Lipinski definition) is 1. The maximum absolute atomic E-state index is 10.6. The molecule has 0 atom stereocenters. The van der Waals surface area contributed by atoms with E-state index in [9.17, 15) is 10.1 Å². The van der Waals surface area contributed by atoms with Gasteiger partial charge in [0.05, 0.1) is 4.92 Å². The van der Waals surface area contributed by atoms with E-state index < -0.39 is 0 Å². The first-order valence-corrected chi connectivity index (χ1v) is 7.06. The molecule has 1 N–H and O–H groups in total. The summed E-state index contributed by atoms with van der Waals surface area (Å²) in [6.07, 6.45) is 0.864. The average molecular weight is 284 g/mol. The molecule has 0 saturated heterocycles. The topological polar surface area (TPSA) is 55.2 Å². The molecule has 0 spiro atoms. The zero-order valence-electron chi connectivity index (χ0n) is 12.4. The summed E-state index contributed by atoms with van der Waals surface area (Å²) in [5.74, 6) is 0. The van der Waals surface area contributed by atoms with Gasteiger partial charge in [0.2, 0.25) is 0 Å². The van der Waals surface area contributed by atoms with Crippen molar-refractivity contribution in [2.75, 3.05) is 6.54 Å². The Morgan fingerprint density at radius 1 is 1.00 bits per heavy atom.